The quantitative estimate of drug-likeness (QED) is 0.181. The van der Waals surface area contributed by atoms with Gasteiger partial charge in [-0.25, -0.2) is 9.59 Å². The number of nitrogens with two attached hydrogens (primary N) is 1. The number of carbonyl (C=O) groups excluding carboxylic acids is 1. The molecule has 0 fully saturated rings. The number of rotatable bonds is 10. The van der Waals surface area contributed by atoms with Gasteiger partial charge in [0.25, 0.3) is 5.09 Å². The van der Waals surface area contributed by atoms with Crippen LogP contribution in [0, 0.1) is 10.1 Å². The number of nitrogens with one attached hydrogen (secondary N) is 1. The second-order valence-corrected chi connectivity index (χ2v) is 5.26. The molecule has 11 heteroatoms. The second kappa shape index (κ2) is 12.8. The summed E-state index contributed by atoms with van der Waals surface area (Å²) >= 11 is 0. The number of hydrogen-bond donors (Lipinski definition) is 4. The van der Waals surface area contributed by atoms with Gasteiger partial charge in [-0.1, -0.05) is 0 Å². The molecule has 0 aliphatic carbocycles. The van der Waals surface area contributed by atoms with Crippen LogP contribution in [0.15, 0.2) is 12.2 Å². The van der Waals surface area contributed by atoms with Crippen molar-refractivity contribution in [2.75, 3.05) is 13.2 Å². The van der Waals surface area contributed by atoms with Crippen molar-refractivity contribution >= 4 is 17.8 Å². The van der Waals surface area contributed by atoms with E-state index in [1.165, 1.54) is 0 Å². The summed E-state index contributed by atoms with van der Waals surface area (Å²) in [6.45, 7) is 4.07. The van der Waals surface area contributed by atoms with Gasteiger partial charge in [0.2, 0.25) is 5.91 Å². The van der Waals surface area contributed by atoms with Gasteiger partial charge in [-0.15, -0.1) is 10.1 Å². The fourth-order valence-corrected chi connectivity index (χ4v) is 1.11. The lowest BCUT2D eigenvalue weighted by molar-refractivity contribution is -0.757. The molecule has 0 aromatic heterocycles. The maximum absolute atomic E-state index is 11.2. The highest BCUT2D eigenvalue weighted by Crippen LogP contribution is 2.06. The van der Waals surface area contributed by atoms with Crippen molar-refractivity contribution < 1.29 is 34.5 Å². The fraction of sp³-hybridized carbons (Fsp3) is 0.615. The minimum Gasteiger partial charge on any atom is -0.478 e. The van der Waals surface area contributed by atoms with Crippen LogP contribution in [0.1, 0.15) is 33.1 Å². The van der Waals surface area contributed by atoms with Crippen LogP contribution in [0.2, 0.25) is 0 Å². The van der Waals surface area contributed by atoms with E-state index in [2.05, 4.69) is 10.2 Å². The molecule has 0 radical (unpaired) electrons. The van der Waals surface area contributed by atoms with Gasteiger partial charge in [0, 0.05) is 30.7 Å². The van der Waals surface area contributed by atoms with Gasteiger partial charge in [0.1, 0.15) is 0 Å². The number of carboxylic acids is 2. The van der Waals surface area contributed by atoms with Crippen molar-refractivity contribution in [3.05, 3.63) is 22.3 Å². The molecule has 138 valence electrons. The molecule has 0 bridgehead atoms. The average molecular weight is 349 g/mol. The Morgan fingerprint density at radius 1 is 1.25 bits per heavy atom. The Balaban J connectivity index is 0. The zero-order valence-electron chi connectivity index (χ0n) is 13.6. The van der Waals surface area contributed by atoms with E-state index in [4.69, 9.17) is 15.9 Å². The van der Waals surface area contributed by atoms with Crippen LogP contribution in [0.25, 0.3) is 0 Å². The van der Waals surface area contributed by atoms with Crippen LogP contribution < -0.4 is 11.1 Å². The maximum Gasteiger partial charge on any atom is 0.328 e. The summed E-state index contributed by atoms with van der Waals surface area (Å²) in [5.41, 5.74) is 5.36. The smallest absolute Gasteiger partial charge is 0.328 e. The zero-order valence-corrected chi connectivity index (χ0v) is 13.6. The predicted octanol–water partition coefficient (Wildman–Crippen LogP) is -0.0697. The van der Waals surface area contributed by atoms with Gasteiger partial charge in [0.15, 0.2) is 0 Å². The predicted molar refractivity (Wildman–Crippen MR) is 82.5 cm³/mol. The number of carboxylic acid groups (broad SMARTS) is 2. The zero-order chi connectivity index (χ0) is 19.2. The Hall–Kier alpha value is -2.69. The number of aliphatic carboxylic acids is 2. The Labute approximate surface area is 138 Å². The molecule has 5 N–H and O–H groups in total. The van der Waals surface area contributed by atoms with E-state index >= 15 is 0 Å². The Bertz CT molecular complexity index is 441. The molecule has 1 amide bonds. The van der Waals surface area contributed by atoms with E-state index < -0.39 is 17.0 Å². The largest absolute Gasteiger partial charge is 0.478 e. The van der Waals surface area contributed by atoms with Crippen LogP contribution in [0.5, 0.6) is 0 Å². The molecular weight excluding hydrogens is 326 g/mol. The standard InChI is InChI=1S/C9H19N3O4.C4H4O4/c1-9(2,10)5-4-8(13)11-6-3-7-16-12(14)15;5-3(6)1-2-4(7)8/h3-7,10H2,1-2H3,(H,11,13);1-2H,(H,5,6)(H,7,8)/b;2-1+. The van der Waals surface area contributed by atoms with Gasteiger partial charge in [-0.05, 0) is 26.7 Å². The van der Waals surface area contributed by atoms with Crippen LogP contribution in [0.3, 0.4) is 0 Å². The van der Waals surface area contributed by atoms with Gasteiger partial charge in [-0.3, -0.25) is 4.79 Å². The summed E-state index contributed by atoms with van der Waals surface area (Å²) in [6, 6.07) is 0. The fourth-order valence-electron chi connectivity index (χ4n) is 1.11. The maximum atomic E-state index is 11.2. The minimum atomic E-state index is -1.26. The first-order chi connectivity index (χ1) is 10.9. The summed E-state index contributed by atoms with van der Waals surface area (Å²) in [7, 11) is 0. The normalized spacial score (nSPS) is 10.5. The van der Waals surface area contributed by atoms with Crippen molar-refractivity contribution in [2.45, 2.75) is 38.6 Å². The van der Waals surface area contributed by atoms with E-state index in [0.717, 1.165) is 0 Å². The first-order valence-corrected chi connectivity index (χ1v) is 6.91. The lowest BCUT2D eigenvalue weighted by Crippen LogP contribution is -2.34. The van der Waals surface area contributed by atoms with Gasteiger partial charge in [0.05, 0.1) is 6.61 Å². The lowest BCUT2D eigenvalue weighted by Gasteiger charge is -2.17. The van der Waals surface area contributed by atoms with Crippen molar-refractivity contribution in [3.63, 3.8) is 0 Å². The first kappa shape index (κ1) is 23.6. The number of carbonyl (C=O) groups is 3. The van der Waals surface area contributed by atoms with Gasteiger partial charge >= 0.3 is 11.9 Å². The van der Waals surface area contributed by atoms with Gasteiger partial charge in [-0.2, -0.15) is 0 Å². The van der Waals surface area contributed by atoms with Crippen molar-refractivity contribution in [1.82, 2.24) is 5.32 Å². The Kier molecular flexibility index (Phi) is 12.6. The van der Waals surface area contributed by atoms with Crippen molar-refractivity contribution in [1.29, 1.82) is 0 Å². The highest BCUT2D eigenvalue weighted by molar-refractivity contribution is 5.89. The average Bonchev–Trinajstić information content (AvgIpc) is 2.42. The topological polar surface area (TPSA) is 182 Å². The van der Waals surface area contributed by atoms with E-state index in [1.54, 1.807) is 0 Å². The van der Waals surface area contributed by atoms with Crippen molar-refractivity contribution in [3.8, 4) is 0 Å². The number of hydrogen-bond acceptors (Lipinski definition) is 7. The number of nitrogens with zero attached hydrogens (tertiary/aromatic N) is 1. The van der Waals surface area contributed by atoms with Crippen molar-refractivity contribution in [2.24, 2.45) is 5.73 Å². The lowest BCUT2D eigenvalue weighted by atomic mass is 10.00. The third-order valence-electron chi connectivity index (χ3n) is 2.20. The summed E-state index contributed by atoms with van der Waals surface area (Å²) in [6.07, 6.45) is 2.49. The highest BCUT2D eigenvalue weighted by Gasteiger charge is 2.12. The molecule has 24 heavy (non-hydrogen) atoms. The molecule has 11 nitrogen and oxygen atoms in total. The molecule has 0 aromatic carbocycles. The first-order valence-electron chi connectivity index (χ1n) is 6.91. The third-order valence-corrected chi connectivity index (χ3v) is 2.20. The van der Waals surface area contributed by atoms with E-state index in [-0.39, 0.29) is 18.1 Å². The molecule has 0 aliphatic rings. The molecule has 0 rings (SSSR count). The minimum absolute atomic E-state index is 0.00430. The van der Waals surface area contributed by atoms with Crippen LogP contribution in [-0.4, -0.2) is 51.8 Å². The van der Waals surface area contributed by atoms with Crippen LogP contribution in [0.4, 0.5) is 0 Å². The molecular formula is C13H23N3O8. The van der Waals surface area contributed by atoms with Crippen LogP contribution in [-0.2, 0) is 19.2 Å². The summed E-state index contributed by atoms with van der Waals surface area (Å²) in [4.78, 5) is 44.2. The highest BCUT2D eigenvalue weighted by atomic mass is 16.9. The molecule has 0 aromatic rings. The van der Waals surface area contributed by atoms with Crippen LogP contribution >= 0.6 is 0 Å². The molecule has 0 atom stereocenters. The Morgan fingerprint density at radius 2 is 1.75 bits per heavy atom. The van der Waals surface area contributed by atoms with E-state index in [9.17, 15) is 24.5 Å². The second-order valence-electron chi connectivity index (χ2n) is 5.26. The molecule has 0 saturated heterocycles. The van der Waals surface area contributed by atoms with E-state index in [1.807, 2.05) is 13.8 Å². The molecule has 0 spiro atoms. The molecule has 0 aliphatic heterocycles. The molecule has 0 heterocycles. The SMILES string of the molecule is CC(C)(N)CCC(=O)NCCCO[N+](=O)[O-].O=C(O)/C=C/C(=O)O. The summed E-state index contributed by atoms with van der Waals surface area (Å²) in [5, 5.41) is 27.2. The summed E-state index contributed by atoms with van der Waals surface area (Å²) in [5.74, 6) is -2.61. The molecule has 0 saturated carbocycles. The summed E-state index contributed by atoms with van der Waals surface area (Å²) < 4.78 is 0. The van der Waals surface area contributed by atoms with Gasteiger partial charge < -0.3 is 26.1 Å². The third kappa shape index (κ3) is 24.3. The molecule has 0 unspecified atom stereocenters. The Morgan fingerprint density at radius 3 is 2.12 bits per heavy atom. The number of amides is 1. The monoisotopic (exact) mass is 349 g/mol. The van der Waals surface area contributed by atoms with E-state index in [0.29, 0.717) is 38.0 Å².